The molecular formula is C13H21N7O. The predicted octanol–water partition coefficient (Wildman–Crippen LogP) is 1.32. The van der Waals surface area contributed by atoms with Crippen LogP contribution in [-0.2, 0) is 6.54 Å². The summed E-state index contributed by atoms with van der Waals surface area (Å²) in [6.07, 6.45) is 4.73. The maximum Gasteiger partial charge on any atom is 0.323 e. The maximum absolute atomic E-state index is 5.45. The highest BCUT2D eigenvalue weighted by Crippen LogP contribution is 2.10. The molecule has 0 bridgehead atoms. The van der Waals surface area contributed by atoms with Crippen LogP contribution in [0.3, 0.4) is 0 Å². The van der Waals surface area contributed by atoms with Gasteiger partial charge < -0.3 is 15.4 Å². The normalized spacial score (nSPS) is 10.4. The fraction of sp³-hybridized carbons (Fsp3) is 0.538. The Kier molecular flexibility index (Phi) is 5.30. The van der Waals surface area contributed by atoms with Gasteiger partial charge in [-0.15, -0.1) is 0 Å². The summed E-state index contributed by atoms with van der Waals surface area (Å²) in [6.45, 7) is 6.03. The first-order valence-electron chi connectivity index (χ1n) is 7.01. The second-order valence-corrected chi connectivity index (χ2v) is 4.57. The average Bonchev–Trinajstić information content (AvgIpc) is 2.90. The third-order valence-electron chi connectivity index (χ3n) is 2.66. The molecule has 21 heavy (non-hydrogen) atoms. The highest BCUT2D eigenvalue weighted by atomic mass is 16.5. The van der Waals surface area contributed by atoms with E-state index in [1.165, 1.54) is 0 Å². The zero-order valence-electron chi connectivity index (χ0n) is 12.6. The maximum atomic E-state index is 5.45. The minimum atomic E-state index is 0.327. The van der Waals surface area contributed by atoms with Gasteiger partial charge in [0.1, 0.15) is 0 Å². The van der Waals surface area contributed by atoms with Crippen molar-refractivity contribution >= 4 is 11.9 Å². The molecule has 0 fully saturated rings. The Morgan fingerprint density at radius 1 is 1.24 bits per heavy atom. The molecule has 2 heterocycles. The van der Waals surface area contributed by atoms with Crippen LogP contribution >= 0.6 is 0 Å². The Labute approximate surface area is 124 Å². The highest BCUT2D eigenvalue weighted by Gasteiger charge is 2.06. The summed E-state index contributed by atoms with van der Waals surface area (Å²) in [5, 5.41) is 10.3. The molecular weight excluding hydrogens is 270 g/mol. The number of aryl methyl sites for hydroxylation is 1. The lowest BCUT2D eigenvalue weighted by atomic mass is 10.4. The lowest BCUT2D eigenvalue weighted by Crippen LogP contribution is -2.14. The van der Waals surface area contributed by atoms with Crippen molar-refractivity contribution in [3.8, 4) is 6.01 Å². The molecule has 0 aliphatic rings. The lowest BCUT2D eigenvalue weighted by molar-refractivity contribution is 0.292. The van der Waals surface area contributed by atoms with Gasteiger partial charge in [-0.1, -0.05) is 6.92 Å². The standard InChI is InChI=1S/C13H21N7O/c1-4-7-21-13-18-11(14-3)17-12(19-13)15-5-6-20-9-10(2)8-16-20/h8-9H,4-7H2,1-3H3,(H2,14,15,17,18,19). The van der Waals surface area contributed by atoms with Gasteiger partial charge in [-0.2, -0.15) is 20.1 Å². The van der Waals surface area contributed by atoms with E-state index in [2.05, 4.69) is 30.7 Å². The molecule has 2 aromatic heterocycles. The first kappa shape index (κ1) is 15.0. The van der Waals surface area contributed by atoms with E-state index in [-0.39, 0.29) is 0 Å². The summed E-state index contributed by atoms with van der Waals surface area (Å²) >= 11 is 0. The summed E-state index contributed by atoms with van der Waals surface area (Å²) in [5.74, 6) is 0.970. The van der Waals surface area contributed by atoms with Crippen LogP contribution in [0.5, 0.6) is 6.01 Å². The fourth-order valence-corrected chi connectivity index (χ4v) is 1.68. The van der Waals surface area contributed by atoms with Crippen molar-refractivity contribution in [2.24, 2.45) is 0 Å². The summed E-state index contributed by atoms with van der Waals surface area (Å²) < 4.78 is 7.32. The number of rotatable bonds is 8. The fourth-order valence-electron chi connectivity index (χ4n) is 1.68. The molecule has 0 saturated carbocycles. The van der Waals surface area contributed by atoms with Crippen molar-refractivity contribution in [1.82, 2.24) is 24.7 Å². The summed E-state index contributed by atoms with van der Waals surface area (Å²) in [4.78, 5) is 12.6. The molecule has 0 spiro atoms. The Morgan fingerprint density at radius 3 is 2.71 bits per heavy atom. The molecule has 0 unspecified atom stereocenters. The SMILES string of the molecule is CCCOc1nc(NC)nc(NCCn2cc(C)cn2)n1. The molecule has 8 heteroatoms. The number of hydrogen-bond donors (Lipinski definition) is 2. The molecule has 2 rings (SSSR count). The zero-order chi connectivity index (χ0) is 15.1. The van der Waals surface area contributed by atoms with Crippen molar-refractivity contribution in [2.45, 2.75) is 26.8 Å². The van der Waals surface area contributed by atoms with E-state index >= 15 is 0 Å². The quantitative estimate of drug-likeness (QED) is 0.758. The number of nitrogens with zero attached hydrogens (tertiary/aromatic N) is 5. The smallest absolute Gasteiger partial charge is 0.323 e. The first-order chi connectivity index (χ1) is 10.2. The van der Waals surface area contributed by atoms with E-state index in [1.54, 1.807) is 7.05 Å². The van der Waals surface area contributed by atoms with E-state index in [0.29, 0.717) is 31.1 Å². The van der Waals surface area contributed by atoms with Gasteiger partial charge in [0.05, 0.1) is 19.3 Å². The summed E-state index contributed by atoms with van der Waals surface area (Å²) in [7, 11) is 1.76. The van der Waals surface area contributed by atoms with Crippen molar-refractivity contribution in [3.63, 3.8) is 0 Å². The third-order valence-corrected chi connectivity index (χ3v) is 2.66. The Morgan fingerprint density at radius 2 is 2.05 bits per heavy atom. The molecule has 0 amide bonds. The monoisotopic (exact) mass is 291 g/mol. The van der Waals surface area contributed by atoms with Gasteiger partial charge in [-0.3, -0.25) is 4.68 Å². The largest absolute Gasteiger partial charge is 0.463 e. The van der Waals surface area contributed by atoms with Crippen molar-refractivity contribution in [3.05, 3.63) is 18.0 Å². The Bertz CT molecular complexity index is 569. The predicted molar refractivity (Wildman–Crippen MR) is 80.6 cm³/mol. The number of ether oxygens (including phenoxy) is 1. The van der Waals surface area contributed by atoms with E-state index in [1.807, 2.05) is 30.9 Å². The average molecular weight is 291 g/mol. The van der Waals surface area contributed by atoms with Gasteiger partial charge in [-0.25, -0.2) is 0 Å². The molecule has 2 N–H and O–H groups in total. The molecule has 0 aromatic carbocycles. The topological polar surface area (TPSA) is 89.8 Å². The number of anilines is 2. The second-order valence-electron chi connectivity index (χ2n) is 4.57. The zero-order valence-corrected chi connectivity index (χ0v) is 12.6. The van der Waals surface area contributed by atoms with Crippen LogP contribution in [0.1, 0.15) is 18.9 Å². The van der Waals surface area contributed by atoms with Gasteiger partial charge in [0, 0.05) is 19.8 Å². The van der Waals surface area contributed by atoms with Gasteiger partial charge >= 0.3 is 6.01 Å². The van der Waals surface area contributed by atoms with Crippen LogP contribution in [0.25, 0.3) is 0 Å². The van der Waals surface area contributed by atoms with Crippen LogP contribution in [-0.4, -0.2) is 44.9 Å². The molecule has 2 aromatic rings. The molecule has 114 valence electrons. The second kappa shape index (κ2) is 7.41. The number of hydrogen-bond acceptors (Lipinski definition) is 7. The van der Waals surface area contributed by atoms with Crippen molar-refractivity contribution in [1.29, 1.82) is 0 Å². The van der Waals surface area contributed by atoms with Crippen molar-refractivity contribution < 1.29 is 4.74 Å². The van der Waals surface area contributed by atoms with E-state index in [4.69, 9.17) is 4.74 Å². The van der Waals surface area contributed by atoms with Gasteiger partial charge in [0.25, 0.3) is 0 Å². The number of nitrogens with one attached hydrogen (secondary N) is 2. The van der Waals surface area contributed by atoms with Crippen molar-refractivity contribution in [2.75, 3.05) is 30.8 Å². The van der Waals surface area contributed by atoms with Crippen LogP contribution in [0.4, 0.5) is 11.9 Å². The molecule has 0 saturated heterocycles. The summed E-state index contributed by atoms with van der Waals surface area (Å²) in [5.41, 5.74) is 1.14. The van der Waals surface area contributed by atoms with Gasteiger partial charge in [0.15, 0.2) is 0 Å². The minimum absolute atomic E-state index is 0.327. The van der Waals surface area contributed by atoms with E-state index in [9.17, 15) is 0 Å². The molecule has 8 nitrogen and oxygen atoms in total. The van der Waals surface area contributed by atoms with Gasteiger partial charge in [-0.05, 0) is 18.9 Å². The molecule has 0 aliphatic carbocycles. The highest BCUT2D eigenvalue weighted by molar-refractivity contribution is 5.35. The molecule has 0 radical (unpaired) electrons. The van der Waals surface area contributed by atoms with Gasteiger partial charge in [0.2, 0.25) is 11.9 Å². The minimum Gasteiger partial charge on any atom is -0.463 e. The lowest BCUT2D eigenvalue weighted by Gasteiger charge is -2.09. The van der Waals surface area contributed by atoms with Crippen LogP contribution in [0.2, 0.25) is 0 Å². The Hall–Kier alpha value is -2.38. The van der Waals surface area contributed by atoms with Crippen LogP contribution < -0.4 is 15.4 Å². The molecule has 0 aliphatic heterocycles. The summed E-state index contributed by atoms with van der Waals surface area (Å²) in [6, 6.07) is 0.327. The van der Waals surface area contributed by atoms with E-state index in [0.717, 1.165) is 18.5 Å². The third kappa shape index (κ3) is 4.59. The van der Waals surface area contributed by atoms with Crippen LogP contribution in [0, 0.1) is 6.92 Å². The molecule has 0 atom stereocenters. The van der Waals surface area contributed by atoms with E-state index < -0.39 is 0 Å². The first-order valence-corrected chi connectivity index (χ1v) is 7.01. The Balaban J connectivity index is 1.94. The van der Waals surface area contributed by atoms with Crippen LogP contribution in [0.15, 0.2) is 12.4 Å². The number of aromatic nitrogens is 5.